The van der Waals surface area contributed by atoms with E-state index in [-0.39, 0.29) is 11.5 Å². The van der Waals surface area contributed by atoms with E-state index in [9.17, 15) is 4.39 Å². The van der Waals surface area contributed by atoms with Gasteiger partial charge < -0.3 is 0 Å². The molecule has 2 N–H and O–H groups in total. The molecule has 1 heterocycles. The molecule has 0 spiro atoms. The molecule has 2 rings (SSSR count). The molecule has 0 unspecified atom stereocenters. The van der Waals surface area contributed by atoms with Gasteiger partial charge in [0.25, 0.3) is 0 Å². The molecule has 92 valence electrons. The fraction of sp³-hybridized carbons (Fsp3) is 0.0833. The Balaban J connectivity index is 2.45. The van der Waals surface area contributed by atoms with Crippen LogP contribution < -0.4 is 5.48 Å². The standard InChI is InChI=1S/C12H11FN4O/c1-8-3-2-4-9(11(8)13)16-12(17-18)10-5-6-14-7-15-10/h2-7,18H,1H3,(H,16,17). The van der Waals surface area contributed by atoms with E-state index < -0.39 is 5.82 Å². The number of aryl methyl sites for hydroxylation is 1. The molecule has 0 radical (unpaired) electrons. The van der Waals surface area contributed by atoms with E-state index in [0.717, 1.165) is 0 Å². The van der Waals surface area contributed by atoms with Crippen LogP contribution in [0.5, 0.6) is 0 Å². The largest absolute Gasteiger partial charge is 0.290 e. The first-order chi connectivity index (χ1) is 8.72. The Morgan fingerprint density at radius 1 is 1.39 bits per heavy atom. The van der Waals surface area contributed by atoms with Crippen molar-refractivity contribution in [2.45, 2.75) is 6.92 Å². The minimum Gasteiger partial charge on any atom is -0.290 e. The molecule has 0 amide bonds. The summed E-state index contributed by atoms with van der Waals surface area (Å²) < 4.78 is 13.8. The van der Waals surface area contributed by atoms with Gasteiger partial charge in [0.05, 0.1) is 0 Å². The molecule has 5 nitrogen and oxygen atoms in total. The van der Waals surface area contributed by atoms with Crippen molar-refractivity contribution in [1.82, 2.24) is 15.4 Å². The topological polar surface area (TPSA) is 70.4 Å². The van der Waals surface area contributed by atoms with E-state index in [1.807, 2.05) is 5.48 Å². The number of nitrogens with zero attached hydrogens (tertiary/aromatic N) is 3. The molecule has 18 heavy (non-hydrogen) atoms. The smallest absolute Gasteiger partial charge is 0.176 e. The van der Waals surface area contributed by atoms with E-state index in [4.69, 9.17) is 5.21 Å². The summed E-state index contributed by atoms with van der Waals surface area (Å²) in [6.07, 6.45) is 2.82. The predicted molar refractivity (Wildman–Crippen MR) is 64.3 cm³/mol. The Bertz CT molecular complexity index is 572. The third-order valence-electron chi connectivity index (χ3n) is 2.33. The Hall–Kier alpha value is -2.34. The second-order valence-corrected chi connectivity index (χ2v) is 3.57. The van der Waals surface area contributed by atoms with E-state index in [2.05, 4.69) is 15.0 Å². The van der Waals surface area contributed by atoms with E-state index in [1.165, 1.54) is 18.6 Å². The Morgan fingerprint density at radius 3 is 2.89 bits per heavy atom. The number of amidine groups is 1. The first kappa shape index (κ1) is 12.1. The van der Waals surface area contributed by atoms with Gasteiger partial charge in [-0.25, -0.2) is 19.4 Å². The third kappa shape index (κ3) is 2.49. The zero-order chi connectivity index (χ0) is 13.0. The highest BCUT2D eigenvalue weighted by Crippen LogP contribution is 2.20. The molecule has 1 aromatic carbocycles. The van der Waals surface area contributed by atoms with Gasteiger partial charge in [0.1, 0.15) is 17.7 Å². The molecular formula is C12H11FN4O. The van der Waals surface area contributed by atoms with Crippen molar-refractivity contribution in [2.24, 2.45) is 4.99 Å². The lowest BCUT2D eigenvalue weighted by Gasteiger charge is -2.05. The molecule has 1 aromatic heterocycles. The van der Waals surface area contributed by atoms with Crippen molar-refractivity contribution < 1.29 is 9.60 Å². The number of hydroxylamine groups is 1. The fourth-order valence-corrected chi connectivity index (χ4v) is 1.41. The average Bonchev–Trinajstić information content (AvgIpc) is 2.41. The maximum absolute atomic E-state index is 13.8. The van der Waals surface area contributed by atoms with Crippen molar-refractivity contribution in [3.63, 3.8) is 0 Å². The van der Waals surface area contributed by atoms with Crippen molar-refractivity contribution in [3.8, 4) is 0 Å². The Morgan fingerprint density at radius 2 is 2.22 bits per heavy atom. The lowest BCUT2D eigenvalue weighted by atomic mass is 10.2. The molecule has 0 aliphatic heterocycles. The minimum atomic E-state index is -0.431. The molecule has 0 saturated carbocycles. The van der Waals surface area contributed by atoms with Crippen molar-refractivity contribution in [1.29, 1.82) is 0 Å². The summed E-state index contributed by atoms with van der Waals surface area (Å²) in [6.45, 7) is 1.64. The van der Waals surface area contributed by atoms with E-state index in [1.54, 1.807) is 25.1 Å². The molecule has 0 aliphatic carbocycles. The van der Waals surface area contributed by atoms with Crippen LogP contribution in [0.2, 0.25) is 0 Å². The van der Waals surface area contributed by atoms with Gasteiger partial charge in [-0.15, -0.1) is 0 Å². The quantitative estimate of drug-likeness (QED) is 0.483. The summed E-state index contributed by atoms with van der Waals surface area (Å²) in [5.41, 5.74) is 2.89. The van der Waals surface area contributed by atoms with E-state index in [0.29, 0.717) is 11.3 Å². The number of halogens is 1. The van der Waals surface area contributed by atoms with Crippen LogP contribution in [0, 0.1) is 12.7 Å². The zero-order valence-electron chi connectivity index (χ0n) is 9.63. The average molecular weight is 246 g/mol. The van der Waals surface area contributed by atoms with Crippen LogP contribution in [0.15, 0.2) is 41.8 Å². The SMILES string of the molecule is Cc1cccc(N=C(NO)c2ccncn2)c1F. The van der Waals surface area contributed by atoms with Crippen LogP contribution in [-0.2, 0) is 0 Å². The summed E-state index contributed by atoms with van der Waals surface area (Å²) in [4.78, 5) is 11.7. The van der Waals surface area contributed by atoms with Crippen molar-refractivity contribution in [3.05, 3.63) is 53.9 Å². The number of benzene rings is 1. The molecule has 0 fully saturated rings. The summed E-state index contributed by atoms with van der Waals surface area (Å²) >= 11 is 0. The normalized spacial score (nSPS) is 11.4. The van der Waals surface area contributed by atoms with Gasteiger partial charge in [0, 0.05) is 6.20 Å². The number of nitrogens with one attached hydrogen (secondary N) is 1. The van der Waals surface area contributed by atoms with Crippen LogP contribution in [-0.4, -0.2) is 21.0 Å². The second-order valence-electron chi connectivity index (χ2n) is 3.57. The lowest BCUT2D eigenvalue weighted by molar-refractivity contribution is 0.235. The first-order valence-corrected chi connectivity index (χ1v) is 5.22. The van der Waals surface area contributed by atoms with E-state index >= 15 is 0 Å². The van der Waals surface area contributed by atoms with Gasteiger partial charge in [0.2, 0.25) is 0 Å². The lowest BCUT2D eigenvalue weighted by Crippen LogP contribution is -2.21. The predicted octanol–water partition coefficient (Wildman–Crippen LogP) is 1.98. The highest BCUT2D eigenvalue weighted by atomic mass is 19.1. The van der Waals surface area contributed by atoms with Crippen LogP contribution in [0.4, 0.5) is 10.1 Å². The van der Waals surface area contributed by atoms with Crippen molar-refractivity contribution in [2.75, 3.05) is 0 Å². The van der Waals surface area contributed by atoms with Crippen LogP contribution >= 0.6 is 0 Å². The maximum atomic E-state index is 13.8. The summed E-state index contributed by atoms with van der Waals surface area (Å²) in [5.74, 6) is -0.374. The Kier molecular flexibility index (Phi) is 3.59. The third-order valence-corrected chi connectivity index (χ3v) is 2.33. The molecule has 6 heteroatoms. The fourth-order valence-electron chi connectivity index (χ4n) is 1.41. The molecule has 0 saturated heterocycles. The molecular weight excluding hydrogens is 235 g/mol. The highest BCUT2D eigenvalue weighted by Gasteiger charge is 2.07. The number of rotatable bonds is 2. The van der Waals surface area contributed by atoms with Crippen molar-refractivity contribution >= 4 is 11.5 Å². The number of aromatic nitrogens is 2. The van der Waals surface area contributed by atoms with Crippen LogP contribution in [0.25, 0.3) is 0 Å². The Labute approximate surface area is 103 Å². The van der Waals surface area contributed by atoms with Gasteiger partial charge in [-0.1, -0.05) is 12.1 Å². The van der Waals surface area contributed by atoms with Crippen LogP contribution in [0.1, 0.15) is 11.3 Å². The number of hydrogen-bond acceptors (Lipinski definition) is 4. The first-order valence-electron chi connectivity index (χ1n) is 5.22. The van der Waals surface area contributed by atoms with Gasteiger partial charge in [-0.3, -0.25) is 10.7 Å². The molecule has 0 bridgehead atoms. The molecule has 2 aromatic rings. The molecule has 0 atom stereocenters. The zero-order valence-corrected chi connectivity index (χ0v) is 9.63. The highest BCUT2D eigenvalue weighted by molar-refractivity contribution is 5.97. The number of aliphatic imine (C=N–C) groups is 1. The van der Waals surface area contributed by atoms with Gasteiger partial charge in [-0.2, -0.15) is 0 Å². The van der Waals surface area contributed by atoms with Gasteiger partial charge in [-0.05, 0) is 24.6 Å². The van der Waals surface area contributed by atoms with Gasteiger partial charge >= 0.3 is 0 Å². The van der Waals surface area contributed by atoms with Gasteiger partial charge in [0.15, 0.2) is 11.7 Å². The number of hydrogen-bond donors (Lipinski definition) is 2. The minimum absolute atomic E-state index is 0.0573. The molecule has 0 aliphatic rings. The summed E-state index contributed by atoms with van der Waals surface area (Å²) in [7, 11) is 0. The second kappa shape index (κ2) is 5.33. The summed E-state index contributed by atoms with van der Waals surface area (Å²) in [5, 5.41) is 9.04. The maximum Gasteiger partial charge on any atom is 0.176 e. The monoisotopic (exact) mass is 246 g/mol. The van der Waals surface area contributed by atoms with Crippen LogP contribution in [0.3, 0.4) is 0 Å². The summed E-state index contributed by atoms with van der Waals surface area (Å²) in [6, 6.07) is 6.40.